The van der Waals surface area contributed by atoms with Crippen molar-refractivity contribution in [1.82, 2.24) is 0 Å². The van der Waals surface area contributed by atoms with Crippen molar-refractivity contribution in [2.75, 3.05) is 20.3 Å². The molecule has 0 radical (unpaired) electrons. The fourth-order valence-corrected chi connectivity index (χ4v) is 3.94. The second-order valence-corrected chi connectivity index (χ2v) is 7.46. The van der Waals surface area contributed by atoms with Crippen LogP contribution in [0.2, 0.25) is 0 Å². The van der Waals surface area contributed by atoms with Gasteiger partial charge in [0.2, 0.25) is 0 Å². The lowest BCUT2D eigenvalue weighted by molar-refractivity contribution is -0.753. The Bertz CT molecular complexity index is 1160. The van der Waals surface area contributed by atoms with E-state index >= 15 is 0 Å². The highest BCUT2D eigenvalue weighted by molar-refractivity contribution is 6.35. The normalized spacial score (nSPS) is 14.3. The zero-order chi connectivity index (χ0) is 22.5. The van der Waals surface area contributed by atoms with Crippen molar-refractivity contribution in [2.24, 2.45) is 0 Å². The summed E-state index contributed by atoms with van der Waals surface area (Å²) in [4.78, 5) is 12.9. The molecule has 0 spiro atoms. The first-order valence-electron chi connectivity index (χ1n) is 10.7. The number of aryl methyl sites for hydroxylation is 1. The Labute approximate surface area is 187 Å². The van der Waals surface area contributed by atoms with E-state index < -0.39 is 5.97 Å². The van der Waals surface area contributed by atoms with Gasteiger partial charge in [0.15, 0.2) is 7.05 Å². The largest absolute Gasteiger partial charge is 0.494 e. The van der Waals surface area contributed by atoms with Crippen LogP contribution in [0.25, 0.3) is 5.57 Å². The highest BCUT2D eigenvalue weighted by Crippen LogP contribution is 2.40. The van der Waals surface area contributed by atoms with Crippen molar-refractivity contribution >= 4 is 17.3 Å². The maximum atomic E-state index is 12.9. The minimum absolute atomic E-state index is 0.225. The quantitative estimate of drug-likeness (QED) is 0.187. The number of rotatable bonds is 8. The number of esters is 1. The van der Waals surface area contributed by atoms with Crippen LogP contribution >= 0.6 is 0 Å². The first-order chi connectivity index (χ1) is 15.6. The van der Waals surface area contributed by atoms with Crippen molar-refractivity contribution in [3.05, 3.63) is 95.0 Å². The number of hydrogen-bond donors (Lipinski definition) is 1. The van der Waals surface area contributed by atoms with Gasteiger partial charge in [-0.2, -0.15) is 0 Å². The SMILES string of the molecule is CCOC(=O)C1=C(c2ccco2)c2ccc(OCCCc3ccccc3)cc2/C1=[N+](/C)O. The van der Waals surface area contributed by atoms with Crippen molar-refractivity contribution in [3.8, 4) is 5.75 Å². The fourth-order valence-electron chi connectivity index (χ4n) is 3.94. The van der Waals surface area contributed by atoms with Gasteiger partial charge in [0.1, 0.15) is 17.1 Å². The molecule has 1 aliphatic rings. The summed E-state index contributed by atoms with van der Waals surface area (Å²) in [6.45, 7) is 2.53. The molecule has 0 fully saturated rings. The number of hydrogen-bond acceptors (Lipinski definition) is 5. The molecule has 0 aliphatic heterocycles. The lowest BCUT2D eigenvalue weighted by atomic mass is 10.0. The molecular weight excluding hydrogens is 406 g/mol. The van der Waals surface area contributed by atoms with E-state index in [1.807, 2.05) is 36.4 Å². The van der Waals surface area contributed by atoms with Crippen LogP contribution in [-0.4, -0.2) is 41.9 Å². The summed E-state index contributed by atoms with van der Waals surface area (Å²) >= 11 is 0. The van der Waals surface area contributed by atoms with Gasteiger partial charge in [-0.1, -0.05) is 30.3 Å². The van der Waals surface area contributed by atoms with E-state index in [4.69, 9.17) is 13.9 Å². The molecule has 0 atom stereocenters. The van der Waals surface area contributed by atoms with Crippen molar-refractivity contribution in [2.45, 2.75) is 19.8 Å². The van der Waals surface area contributed by atoms with Crippen LogP contribution in [0.4, 0.5) is 0 Å². The topological polar surface area (TPSA) is 71.9 Å². The van der Waals surface area contributed by atoms with Crippen molar-refractivity contribution in [1.29, 1.82) is 0 Å². The van der Waals surface area contributed by atoms with Crippen LogP contribution in [0.1, 0.15) is 35.8 Å². The molecule has 32 heavy (non-hydrogen) atoms. The molecular formula is C26H26NO5+. The van der Waals surface area contributed by atoms with Gasteiger partial charge < -0.3 is 13.9 Å². The molecule has 4 rings (SSSR count). The predicted octanol–water partition coefficient (Wildman–Crippen LogP) is 4.49. The molecule has 1 N–H and O–H groups in total. The molecule has 2 aromatic carbocycles. The van der Waals surface area contributed by atoms with Crippen molar-refractivity contribution in [3.63, 3.8) is 0 Å². The third-order valence-electron chi connectivity index (χ3n) is 5.29. The number of nitrogens with zero attached hydrogens (tertiary/aromatic N) is 1. The van der Waals surface area contributed by atoms with E-state index in [0.717, 1.165) is 23.1 Å². The molecule has 6 heteroatoms. The van der Waals surface area contributed by atoms with Gasteiger partial charge in [-0.15, -0.1) is 0 Å². The van der Waals surface area contributed by atoms with Gasteiger partial charge in [-0.3, -0.25) is 5.21 Å². The highest BCUT2D eigenvalue weighted by Gasteiger charge is 2.41. The van der Waals surface area contributed by atoms with Gasteiger partial charge in [0, 0.05) is 11.1 Å². The maximum Gasteiger partial charge on any atom is 0.345 e. The second-order valence-electron chi connectivity index (χ2n) is 7.46. The van der Waals surface area contributed by atoms with Crippen LogP contribution in [0.15, 0.2) is 76.9 Å². The van der Waals surface area contributed by atoms with Gasteiger partial charge in [0.25, 0.3) is 5.71 Å². The summed E-state index contributed by atoms with van der Waals surface area (Å²) in [5.41, 5.74) is 3.95. The third-order valence-corrected chi connectivity index (χ3v) is 5.29. The Morgan fingerprint density at radius 1 is 1.06 bits per heavy atom. The zero-order valence-corrected chi connectivity index (χ0v) is 18.2. The molecule has 0 amide bonds. The van der Waals surface area contributed by atoms with Crippen LogP contribution < -0.4 is 4.74 Å². The Morgan fingerprint density at radius 2 is 1.88 bits per heavy atom. The predicted molar refractivity (Wildman–Crippen MR) is 120 cm³/mol. The van der Waals surface area contributed by atoms with Gasteiger partial charge in [-0.25, -0.2) is 4.79 Å². The van der Waals surface area contributed by atoms with Crippen LogP contribution in [0.3, 0.4) is 0 Å². The first-order valence-corrected chi connectivity index (χ1v) is 10.7. The molecule has 1 aromatic heterocycles. The summed E-state index contributed by atoms with van der Waals surface area (Å²) < 4.78 is 17.8. The van der Waals surface area contributed by atoms with Gasteiger partial charge in [-0.05, 0) is 60.4 Å². The molecule has 164 valence electrons. The Morgan fingerprint density at radius 3 is 2.56 bits per heavy atom. The minimum atomic E-state index is -0.517. The molecule has 3 aromatic rings. The summed E-state index contributed by atoms with van der Waals surface area (Å²) in [6, 6.07) is 19.4. The third kappa shape index (κ3) is 4.30. The molecule has 1 aliphatic carbocycles. The number of ether oxygens (including phenoxy) is 2. The number of carbonyl (C=O) groups excluding carboxylic acids is 1. The van der Waals surface area contributed by atoms with E-state index in [9.17, 15) is 10.0 Å². The van der Waals surface area contributed by atoms with Crippen LogP contribution in [0, 0.1) is 0 Å². The molecule has 0 saturated heterocycles. The standard InChI is InChI=1S/C26H26NO5/c1-3-30-26(28)24-23(22-12-8-16-32-22)20-14-13-19(17-21(20)25(24)27(2)29)31-15-7-11-18-9-5-4-6-10-18/h4-6,8-10,12-14,16-17,29H,3,7,11,15H2,1-2H3/q+1/b27-25+. The first kappa shape index (κ1) is 21.4. The average molecular weight is 432 g/mol. The summed E-state index contributed by atoms with van der Waals surface area (Å²) in [7, 11) is 1.48. The fraction of sp³-hybridized carbons (Fsp3) is 0.231. The molecule has 0 unspecified atom stereocenters. The molecule has 6 nitrogen and oxygen atoms in total. The molecule has 0 bridgehead atoms. The minimum Gasteiger partial charge on any atom is -0.494 e. The summed E-state index contributed by atoms with van der Waals surface area (Å²) in [5.74, 6) is 0.680. The molecule has 1 heterocycles. The monoisotopic (exact) mass is 432 g/mol. The summed E-state index contributed by atoms with van der Waals surface area (Å²) in [5, 5.41) is 10.4. The number of fused-ring (bicyclic) bond motifs is 1. The Hall–Kier alpha value is -3.80. The zero-order valence-electron chi connectivity index (χ0n) is 18.2. The van der Waals surface area contributed by atoms with Gasteiger partial charge in [0.05, 0.1) is 25.0 Å². The van der Waals surface area contributed by atoms with Crippen LogP contribution in [-0.2, 0) is 16.0 Å². The van der Waals surface area contributed by atoms with E-state index in [1.165, 1.54) is 12.6 Å². The lowest BCUT2D eigenvalue weighted by Gasteiger charge is -2.09. The Balaban J connectivity index is 1.62. The smallest absolute Gasteiger partial charge is 0.345 e. The number of furan rings is 1. The van der Waals surface area contributed by atoms with E-state index in [-0.39, 0.29) is 12.2 Å². The number of hydroxylamine groups is 1. The average Bonchev–Trinajstić information content (AvgIpc) is 3.43. The van der Waals surface area contributed by atoms with Crippen LogP contribution in [0.5, 0.6) is 5.75 Å². The van der Waals surface area contributed by atoms with Gasteiger partial charge >= 0.3 is 5.97 Å². The second kappa shape index (κ2) is 9.56. The molecule has 0 saturated carbocycles. The maximum absolute atomic E-state index is 12.9. The highest BCUT2D eigenvalue weighted by atomic mass is 16.5. The van der Waals surface area contributed by atoms with E-state index in [2.05, 4.69) is 12.1 Å². The summed E-state index contributed by atoms with van der Waals surface area (Å²) in [6.07, 6.45) is 3.36. The number of carbonyl (C=O) groups is 1. The Kier molecular flexibility index (Phi) is 6.40. The van der Waals surface area contributed by atoms with Crippen molar-refractivity contribution < 1.29 is 28.6 Å². The number of benzene rings is 2. The van der Waals surface area contributed by atoms with E-state index in [1.54, 1.807) is 25.3 Å². The van der Waals surface area contributed by atoms with E-state index in [0.29, 0.717) is 35.0 Å². The lowest BCUT2D eigenvalue weighted by Crippen LogP contribution is -2.22.